The third kappa shape index (κ3) is 2.86. The molecule has 1 aliphatic rings. The number of hydrogen-bond acceptors (Lipinski definition) is 6. The van der Waals surface area contributed by atoms with Gasteiger partial charge in [0.2, 0.25) is 0 Å². The zero-order valence-electron chi connectivity index (χ0n) is 15.1. The summed E-state index contributed by atoms with van der Waals surface area (Å²) in [6, 6.07) is 4.22. The number of likely N-dealkylation sites (N-methyl/N-ethyl adjacent to an activating group) is 1. The van der Waals surface area contributed by atoms with Crippen LogP contribution in [0.3, 0.4) is 0 Å². The molecule has 0 saturated heterocycles. The van der Waals surface area contributed by atoms with E-state index in [1.54, 1.807) is 13.3 Å². The van der Waals surface area contributed by atoms with Crippen molar-refractivity contribution >= 4 is 22.4 Å². The van der Waals surface area contributed by atoms with Crippen LogP contribution in [0.4, 0.5) is 0 Å². The van der Waals surface area contributed by atoms with E-state index in [1.807, 2.05) is 42.2 Å². The Morgan fingerprint density at radius 2 is 2.19 bits per heavy atom. The van der Waals surface area contributed by atoms with Gasteiger partial charge in [0.25, 0.3) is 0 Å². The highest BCUT2D eigenvalue weighted by atomic mass is 32.1. The van der Waals surface area contributed by atoms with Crippen LogP contribution >= 0.6 is 11.3 Å². The monoisotopic (exact) mass is 370 g/mol. The zero-order valence-corrected chi connectivity index (χ0v) is 15.9. The van der Waals surface area contributed by atoms with Gasteiger partial charge in [-0.25, -0.2) is 9.97 Å². The van der Waals surface area contributed by atoms with Crippen LogP contribution < -0.4 is 10.7 Å². The van der Waals surface area contributed by atoms with Gasteiger partial charge in [-0.2, -0.15) is 0 Å². The Kier molecular flexibility index (Phi) is 4.60. The number of thiazole rings is 1. The van der Waals surface area contributed by atoms with Crippen LogP contribution in [0.2, 0.25) is 0 Å². The normalized spacial score (nSPS) is 23.0. The Bertz CT molecular complexity index is 971. The predicted molar refractivity (Wildman–Crippen MR) is 103 cm³/mol. The number of nitrogens with zero attached hydrogens (tertiary/aromatic N) is 3. The molecule has 1 unspecified atom stereocenters. The standard InChI is InChI=1S/C19H22N4O2S/c1-11-10-23(19-21-6-7-26-19)18-13(17(11)24)4-5-14(22-18)12-8-15(20-2)16(9-12)25-3/h4-7,10,12,15-16,20H,8-9H2,1-3H3/t12?,15-,16-/m0/s1. The summed E-state index contributed by atoms with van der Waals surface area (Å²) in [7, 11) is 3.73. The second kappa shape index (κ2) is 6.90. The lowest BCUT2D eigenvalue weighted by atomic mass is 10.0. The maximum absolute atomic E-state index is 12.6. The van der Waals surface area contributed by atoms with Crippen molar-refractivity contribution in [2.45, 2.75) is 37.8 Å². The summed E-state index contributed by atoms with van der Waals surface area (Å²) in [5.74, 6) is 0.308. The van der Waals surface area contributed by atoms with E-state index in [-0.39, 0.29) is 11.5 Å². The van der Waals surface area contributed by atoms with Crippen LogP contribution in [0.5, 0.6) is 0 Å². The van der Waals surface area contributed by atoms with Crippen molar-refractivity contribution in [3.63, 3.8) is 0 Å². The topological polar surface area (TPSA) is 69.0 Å². The lowest BCUT2D eigenvalue weighted by Gasteiger charge is -2.16. The summed E-state index contributed by atoms with van der Waals surface area (Å²) in [5, 5.41) is 6.71. The molecular weight excluding hydrogens is 348 g/mol. The van der Waals surface area contributed by atoms with Gasteiger partial charge in [0.1, 0.15) is 5.65 Å². The molecule has 1 aliphatic carbocycles. The molecule has 0 spiro atoms. The average molecular weight is 370 g/mol. The number of aryl methyl sites for hydroxylation is 1. The molecule has 4 rings (SSSR count). The van der Waals surface area contributed by atoms with E-state index in [0.717, 1.165) is 23.7 Å². The minimum Gasteiger partial charge on any atom is -0.380 e. The number of aromatic nitrogens is 3. The van der Waals surface area contributed by atoms with E-state index >= 15 is 0 Å². The number of pyridine rings is 2. The first kappa shape index (κ1) is 17.3. The minimum absolute atomic E-state index is 0.0288. The van der Waals surface area contributed by atoms with Gasteiger partial charge in [-0.15, -0.1) is 11.3 Å². The van der Waals surface area contributed by atoms with Gasteiger partial charge in [0.15, 0.2) is 10.6 Å². The number of methoxy groups -OCH3 is 1. The van der Waals surface area contributed by atoms with Crippen molar-refractivity contribution < 1.29 is 4.74 Å². The summed E-state index contributed by atoms with van der Waals surface area (Å²) in [6.45, 7) is 1.83. The second-order valence-corrected chi connectivity index (χ2v) is 7.64. The van der Waals surface area contributed by atoms with E-state index in [9.17, 15) is 4.79 Å². The Labute approximate surface area is 155 Å². The fraction of sp³-hybridized carbons (Fsp3) is 0.421. The molecule has 3 aromatic rings. The largest absolute Gasteiger partial charge is 0.380 e. The fourth-order valence-electron chi connectivity index (χ4n) is 3.86. The van der Waals surface area contributed by atoms with Crippen molar-refractivity contribution in [2.24, 2.45) is 0 Å². The molecule has 3 atom stereocenters. The van der Waals surface area contributed by atoms with E-state index in [1.165, 1.54) is 11.3 Å². The Hall–Kier alpha value is -2.09. The Morgan fingerprint density at radius 1 is 1.35 bits per heavy atom. The van der Waals surface area contributed by atoms with E-state index in [0.29, 0.717) is 28.6 Å². The Balaban J connectivity index is 1.83. The molecule has 0 amide bonds. The van der Waals surface area contributed by atoms with Crippen LogP contribution in [0, 0.1) is 6.92 Å². The van der Waals surface area contributed by atoms with Crippen LogP contribution in [0.25, 0.3) is 16.2 Å². The number of rotatable bonds is 4. The van der Waals surface area contributed by atoms with Crippen molar-refractivity contribution in [1.29, 1.82) is 0 Å². The number of nitrogens with one attached hydrogen (secondary N) is 1. The van der Waals surface area contributed by atoms with Crippen molar-refractivity contribution in [3.8, 4) is 5.13 Å². The number of fused-ring (bicyclic) bond motifs is 1. The molecule has 26 heavy (non-hydrogen) atoms. The quantitative estimate of drug-likeness (QED) is 0.765. The van der Waals surface area contributed by atoms with Gasteiger partial charge in [-0.3, -0.25) is 9.36 Å². The summed E-state index contributed by atoms with van der Waals surface area (Å²) in [5.41, 5.74) is 2.40. The molecule has 1 N–H and O–H groups in total. The number of hydrogen-bond donors (Lipinski definition) is 1. The maximum atomic E-state index is 12.6. The van der Waals surface area contributed by atoms with E-state index in [2.05, 4.69) is 10.3 Å². The van der Waals surface area contributed by atoms with Crippen molar-refractivity contribution in [1.82, 2.24) is 19.9 Å². The van der Waals surface area contributed by atoms with Gasteiger partial charge in [0.05, 0.1) is 11.5 Å². The highest BCUT2D eigenvalue weighted by Crippen LogP contribution is 2.35. The SMILES string of the molecule is CN[C@H]1CC(c2ccc3c(=O)c(C)cn(-c4nccs4)c3n2)C[C@@H]1OC. The summed E-state index contributed by atoms with van der Waals surface area (Å²) >= 11 is 1.53. The Morgan fingerprint density at radius 3 is 2.85 bits per heavy atom. The van der Waals surface area contributed by atoms with Gasteiger partial charge < -0.3 is 10.1 Å². The van der Waals surface area contributed by atoms with Crippen LogP contribution in [-0.4, -0.2) is 40.8 Å². The molecule has 0 aromatic carbocycles. The molecule has 0 bridgehead atoms. The van der Waals surface area contributed by atoms with Gasteiger partial charge in [-0.05, 0) is 38.9 Å². The molecule has 3 heterocycles. The minimum atomic E-state index is 0.0288. The third-order valence-electron chi connectivity index (χ3n) is 5.27. The van der Waals surface area contributed by atoms with Crippen molar-refractivity contribution in [2.75, 3.05) is 14.2 Å². The van der Waals surface area contributed by atoms with Crippen LogP contribution in [0.1, 0.15) is 30.0 Å². The molecule has 0 radical (unpaired) electrons. The fourth-order valence-corrected chi connectivity index (χ4v) is 4.48. The molecule has 1 fully saturated rings. The molecule has 136 valence electrons. The number of ether oxygens (including phenoxy) is 1. The van der Waals surface area contributed by atoms with Crippen LogP contribution in [0.15, 0.2) is 34.7 Å². The molecule has 0 aliphatic heterocycles. The third-order valence-corrected chi connectivity index (χ3v) is 6.04. The van der Waals surface area contributed by atoms with Crippen LogP contribution in [-0.2, 0) is 4.74 Å². The average Bonchev–Trinajstić information content (AvgIpc) is 3.33. The summed E-state index contributed by atoms with van der Waals surface area (Å²) in [4.78, 5) is 21.9. The molecule has 7 heteroatoms. The second-order valence-electron chi connectivity index (χ2n) is 6.77. The molecule has 6 nitrogen and oxygen atoms in total. The first-order valence-electron chi connectivity index (χ1n) is 8.75. The van der Waals surface area contributed by atoms with Gasteiger partial charge >= 0.3 is 0 Å². The van der Waals surface area contributed by atoms with E-state index in [4.69, 9.17) is 9.72 Å². The molecule has 3 aromatic heterocycles. The smallest absolute Gasteiger partial charge is 0.195 e. The van der Waals surface area contributed by atoms with E-state index < -0.39 is 0 Å². The lowest BCUT2D eigenvalue weighted by Crippen LogP contribution is -2.33. The summed E-state index contributed by atoms with van der Waals surface area (Å²) in [6.07, 6.45) is 5.68. The molecule has 1 saturated carbocycles. The first-order chi connectivity index (χ1) is 12.6. The van der Waals surface area contributed by atoms with Crippen molar-refractivity contribution in [3.05, 3.63) is 51.4 Å². The predicted octanol–water partition coefficient (Wildman–Crippen LogP) is 2.63. The maximum Gasteiger partial charge on any atom is 0.195 e. The summed E-state index contributed by atoms with van der Waals surface area (Å²) < 4.78 is 7.55. The highest BCUT2D eigenvalue weighted by molar-refractivity contribution is 7.12. The zero-order chi connectivity index (χ0) is 18.3. The van der Waals surface area contributed by atoms with Gasteiger partial charge in [-0.1, -0.05) is 0 Å². The first-order valence-corrected chi connectivity index (χ1v) is 9.63. The lowest BCUT2D eigenvalue weighted by molar-refractivity contribution is 0.0868. The molecular formula is C19H22N4O2S. The van der Waals surface area contributed by atoms with Gasteiger partial charge in [0, 0.05) is 48.1 Å². The highest BCUT2D eigenvalue weighted by Gasteiger charge is 2.35.